The van der Waals surface area contributed by atoms with Crippen molar-refractivity contribution in [2.75, 3.05) is 18.9 Å². The SMILES string of the molecule is CC(C)(C)CCS(=O)(=O)NCC1CCCC1CO. The molecule has 0 aromatic rings. The van der Waals surface area contributed by atoms with Gasteiger partial charge in [0.1, 0.15) is 0 Å². The van der Waals surface area contributed by atoms with E-state index in [9.17, 15) is 13.5 Å². The van der Waals surface area contributed by atoms with Crippen molar-refractivity contribution in [3.8, 4) is 0 Å². The second-order valence-corrected chi connectivity index (χ2v) is 8.54. The molecule has 0 heterocycles. The van der Waals surface area contributed by atoms with Gasteiger partial charge < -0.3 is 5.11 Å². The molecule has 1 saturated carbocycles. The van der Waals surface area contributed by atoms with Crippen molar-refractivity contribution < 1.29 is 13.5 Å². The van der Waals surface area contributed by atoms with Crippen LogP contribution in [-0.2, 0) is 10.0 Å². The van der Waals surface area contributed by atoms with Crippen molar-refractivity contribution in [1.29, 1.82) is 0 Å². The first-order valence-electron chi connectivity index (χ1n) is 6.82. The van der Waals surface area contributed by atoms with E-state index in [-0.39, 0.29) is 23.7 Å². The lowest BCUT2D eigenvalue weighted by atomic mass is 9.94. The molecule has 1 rings (SSSR count). The molecule has 0 bridgehead atoms. The number of nitrogens with one attached hydrogen (secondary N) is 1. The van der Waals surface area contributed by atoms with Crippen molar-refractivity contribution in [1.82, 2.24) is 4.72 Å². The molecule has 2 N–H and O–H groups in total. The zero-order chi connectivity index (χ0) is 13.8. The van der Waals surface area contributed by atoms with Crippen LogP contribution in [0.25, 0.3) is 0 Å². The Morgan fingerprint density at radius 3 is 2.39 bits per heavy atom. The molecular formula is C13H27NO3S. The predicted molar refractivity (Wildman–Crippen MR) is 73.8 cm³/mol. The Morgan fingerprint density at radius 1 is 1.22 bits per heavy atom. The smallest absolute Gasteiger partial charge is 0.211 e. The third kappa shape index (κ3) is 5.67. The first kappa shape index (κ1) is 15.9. The van der Waals surface area contributed by atoms with Crippen molar-refractivity contribution >= 4 is 10.0 Å². The molecule has 2 atom stereocenters. The van der Waals surface area contributed by atoms with Crippen LogP contribution in [0.1, 0.15) is 46.5 Å². The number of aliphatic hydroxyl groups is 1. The van der Waals surface area contributed by atoms with E-state index in [1.54, 1.807) is 0 Å². The topological polar surface area (TPSA) is 66.4 Å². The van der Waals surface area contributed by atoms with Gasteiger partial charge in [-0.15, -0.1) is 0 Å². The highest BCUT2D eigenvalue weighted by Gasteiger charge is 2.27. The normalized spacial score (nSPS) is 25.6. The van der Waals surface area contributed by atoms with Gasteiger partial charge in [0.25, 0.3) is 0 Å². The highest BCUT2D eigenvalue weighted by molar-refractivity contribution is 7.89. The van der Waals surface area contributed by atoms with Crippen LogP contribution in [0.2, 0.25) is 0 Å². The van der Waals surface area contributed by atoms with Crippen molar-refractivity contribution in [3.05, 3.63) is 0 Å². The Labute approximate surface area is 111 Å². The maximum Gasteiger partial charge on any atom is 0.211 e. The van der Waals surface area contributed by atoms with Gasteiger partial charge in [0.05, 0.1) is 5.75 Å². The summed E-state index contributed by atoms with van der Waals surface area (Å²) < 4.78 is 26.4. The fourth-order valence-corrected chi connectivity index (χ4v) is 3.86. The summed E-state index contributed by atoms with van der Waals surface area (Å²) in [5.41, 5.74) is 0.0374. The average Bonchev–Trinajstić information content (AvgIpc) is 2.70. The minimum absolute atomic E-state index is 0.0374. The Balaban J connectivity index is 2.37. The minimum atomic E-state index is -3.17. The van der Waals surface area contributed by atoms with Gasteiger partial charge in [-0.25, -0.2) is 13.1 Å². The van der Waals surface area contributed by atoms with Crippen LogP contribution >= 0.6 is 0 Å². The summed E-state index contributed by atoms with van der Waals surface area (Å²) in [6, 6.07) is 0. The van der Waals surface area contributed by atoms with Gasteiger partial charge in [-0.05, 0) is 36.5 Å². The quantitative estimate of drug-likeness (QED) is 0.777. The van der Waals surface area contributed by atoms with E-state index in [2.05, 4.69) is 4.72 Å². The minimum Gasteiger partial charge on any atom is -0.396 e. The van der Waals surface area contributed by atoms with E-state index < -0.39 is 10.0 Å². The van der Waals surface area contributed by atoms with Crippen LogP contribution in [0, 0.1) is 17.3 Å². The third-order valence-corrected chi connectivity index (χ3v) is 5.09. The first-order chi connectivity index (χ1) is 8.23. The number of hydrogen-bond acceptors (Lipinski definition) is 3. The molecule has 18 heavy (non-hydrogen) atoms. The Morgan fingerprint density at radius 2 is 1.83 bits per heavy atom. The number of rotatable bonds is 6. The van der Waals surface area contributed by atoms with Crippen LogP contribution in [0.3, 0.4) is 0 Å². The second-order valence-electron chi connectivity index (χ2n) is 6.61. The lowest BCUT2D eigenvalue weighted by Gasteiger charge is -2.20. The maximum absolute atomic E-state index is 11.9. The fraction of sp³-hybridized carbons (Fsp3) is 1.00. The lowest BCUT2D eigenvalue weighted by Crippen LogP contribution is -2.34. The molecule has 0 spiro atoms. The van der Waals surface area contributed by atoms with Crippen molar-refractivity contribution in [3.63, 3.8) is 0 Å². The zero-order valence-corrected chi connectivity index (χ0v) is 12.6. The summed E-state index contributed by atoms with van der Waals surface area (Å²) >= 11 is 0. The van der Waals surface area contributed by atoms with Gasteiger partial charge in [-0.3, -0.25) is 0 Å². The van der Waals surface area contributed by atoms with Crippen LogP contribution in [0.15, 0.2) is 0 Å². The zero-order valence-electron chi connectivity index (χ0n) is 11.8. The molecule has 4 nitrogen and oxygen atoms in total. The molecule has 0 amide bonds. The molecule has 1 aliphatic carbocycles. The number of aliphatic hydroxyl groups excluding tert-OH is 1. The van der Waals surface area contributed by atoms with E-state index in [0.717, 1.165) is 19.3 Å². The van der Waals surface area contributed by atoms with E-state index in [1.165, 1.54) is 0 Å². The molecule has 1 aliphatic rings. The van der Waals surface area contributed by atoms with Gasteiger partial charge in [-0.2, -0.15) is 0 Å². The molecule has 5 heteroatoms. The molecule has 2 unspecified atom stereocenters. The highest BCUT2D eigenvalue weighted by Crippen LogP contribution is 2.30. The van der Waals surface area contributed by atoms with Gasteiger partial charge in [0.15, 0.2) is 0 Å². The molecule has 0 aromatic carbocycles. The average molecular weight is 277 g/mol. The van der Waals surface area contributed by atoms with Gasteiger partial charge in [0.2, 0.25) is 10.0 Å². The summed E-state index contributed by atoms with van der Waals surface area (Å²) in [5.74, 6) is 0.766. The summed E-state index contributed by atoms with van der Waals surface area (Å²) in [5, 5.41) is 9.20. The largest absolute Gasteiger partial charge is 0.396 e. The van der Waals surface area contributed by atoms with Crippen molar-refractivity contribution in [2.45, 2.75) is 46.5 Å². The summed E-state index contributed by atoms with van der Waals surface area (Å²) in [6.45, 7) is 6.79. The molecule has 0 saturated heterocycles. The van der Waals surface area contributed by atoms with Gasteiger partial charge in [-0.1, -0.05) is 27.2 Å². The fourth-order valence-electron chi connectivity index (χ4n) is 2.37. The Kier molecular flexibility index (Phi) is 5.62. The maximum atomic E-state index is 11.9. The highest BCUT2D eigenvalue weighted by atomic mass is 32.2. The molecule has 0 aromatic heterocycles. The molecule has 0 aliphatic heterocycles. The van der Waals surface area contributed by atoms with Crippen LogP contribution < -0.4 is 4.72 Å². The first-order valence-corrected chi connectivity index (χ1v) is 8.47. The van der Waals surface area contributed by atoms with Crippen LogP contribution in [-0.4, -0.2) is 32.4 Å². The second kappa shape index (κ2) is 6.35. The van der Waals surface area contributed by atoms with Gasteiger partial charge in [0, 0.05) is 13.2 Å². The number of hydrogen-bond donors (Lipinski definition) is 2. The van der Waals surface area contributed by atoms with Crippen molar-refractivity contribution in [2.24, 2.45) is 17.3 Å². The van der Waals surface area contributed by atoms with E-state index in [4.69, 9.17) is 0 Å². The van der Waals surface area contributed by atoms with E-state index >= 15 is 0 Å². The predicted octanol–water partition coefficient (Wildman–Crippen LogP) is 1.75. The van der Waals surface area contributed by atoms with Crippen LogP contribution in [0.4, 0.5) is 0 Å². The molecule has 1 fully saturated rings. The third-order valence-electron chi connectivity index (χ3n) is 3.74. The van der Waals surface area contributed by atoms with Gasteiger partial charge >= 0.3 is 0 Å². The number of sulfonamides is 1. The van der Waals surface area contributed by atoms with E-state index in [0.29, 0.717) is 18.9 Å². The lowest BCUT2D eigenvalue weighted by molar-refractivity contribution is 0.195. The molecular weight excluding hydrogens is 250 g/mol. The Bertz CT molecular complexity index is 346. The van der Waals surface area contributed by atoms with E-state index in [1.807, 2.05) is 20.8 Å². The standard InChI is InChI=1S/C13H27NO3S/c1-13(2,3)7-8-18(16,17)14-9-11-5-4-6-12(11)10-15/h11-12,14-15H,4-10H2,1-3H3. The summed E-state index contributed by atoms with van der Waals surface area (Å²) in [4.78, 5) is 0. The molecule has 108 valence electrons. The Hall–Kier alpha value is -0.130. The monoisotopic (exact) mass is 277 g/mol. The molecule has 0 radical (unpaired) electrons. The summed E-state index contributed by atoms with van der Waals surface area (Å²) in [6.07, 6.45) is 3.80. The summed E-state index contributed by atoms with van der Waals surface area (Å²) in [7, 11) is -3.17. The van der Waals surface area contributed by atoms with Crippen LogP contribution in [0.5, 0.6) is 0 Å².